The molecular formula is C27H24N4O3S. The highest BCUT2D eigenvalue weighted by Gasteiger charge is 2.36. The summed E-state index contributed by atoms with van der Waals surface area (Å²) in [4.78, 5) is 29.4. The number of rotatable bonds is 5. The maximum Gasteiger partial charge on any atom is 0.308 e. The summed E-state index contributed by atoms with van der Waals surface area (Å²) in [6.07, 6.45) is 0.839. The fourth-order valence-electron chi connectivity index (χ4n) is 4.43. The first-order chi connectivity index (χ1) is 16.8. The number of carboxylic acid groups (broad SMARTS) is 1. The van der Waals surface area contributed by atoms with Gasteiger partial charge in [0.25, 0.3) is 0 Å². The average Bonchev–Trinajstić information content (AvgIpc) is 3.33. The predicted molar refractivity (Wildman–Crippen MR) is 136 cm³/mol. The normalized spacial score (nSPS) is 15.5. The van der Waals surface area contributed by atoms with Crippen molar-refractivity contribution in [3.63, 3.8) is 0 Å². The van der Waals surface area contributed by atoms with Gasteiger partial charge in [-0.25, -0.2) is 0 Å². The molecule has 3 heterocycles. The Hall–Kier alpha value is -3.91. The molecule has 1 aliphatic rings. The Balaban J connectivity index is 1.70. The highest BCUT2D eigenvalue weighted by Crippen LogP contribution is 2.40. The van der Waals surface area contributed by atoms with Gasteiger partial charge in [0.15, 0.2) is 5.82 Å². The molecule has 5 rings (SSSR count). The maximum absolute atomic E-state index is 12.0. The second kappa shape index (κ2) is 8.70. The number of hydrogen-bond acceptors (Lipinski definition) is 6. The van der Waals surface area contributed by atoms with Crippen LogP contribution in [0, 0.1) is 26.7 Å². The van der Waals surface area contributed by atoms with Gasteiger partial charge in [-0.2, -0.15) is 0 Å². The third kappa shape index (κ3) is 3.80. The number of carbonyl (C=O) groups excluding carboxylic acids is 1. The van der Waals surface area contributed by atoms with Gasteiger partial charge in [0.05, 0.1) is 11.6 Å². The summed E-state index contributed by atoms with van der Waals surface area (Å²) in [6.45, 7) is 7.68. The van der Waals surface area contributed by atoms with Crippen molar-refractivity contribution in [2.75, 3.05) is 0 Å². The first-order valence-electron chi connectivity index (χ1n) is 11.3. The SMILES string of the molecule is Cc1sc2c(c1C)C(c1ccc(-c3cccc(C=O)c3)cc1)=N[C@@H](C(C)C(=O)O)c1nnc(C)n1-2. The number of aryl methyl sites for hydroxylation is 2. The minimum atomic E-state index is -0.936. The Morgan fingerprint density at radius 1 is 1.06 bits per heavy atom. The van der Waals surface area contributed by atoms with E-state index < -0.39 is 17.9 Å². The van der Waals surface area contributed by atoms with E-state index in [1.165, 1.54) is 0 Å². The predicted octanol–water partition coefficient (Wildman–Crippen LogP) is 5.35. The summed E-state index contributed by atoms with van der Waals surface area (Å²) >= 11 is 1.64. The van der Waals surface area contributed by atoms with Gasteiger partial charge < -0.3 is 5.11 Å². The molecule has 0 fully saturated rings. The van der Waals surface area contributed by atoms with E-state index >= 15 is 0 Å². The number of aldehydes is 1. The molecule has 1 N–H and O–H groups in total. The lowest BCUT2D eigenvalue weighted by Crippen LogP contribution is -2.21. The summed E-state index contributed by atoms with van der Waals surface area (Å²) in [5.41, 5.74) is 6.28. The first kappa shape index (κ1) is 22.9. The molecule has 7 nitrogen and oxygen atoms in total. The highest BCUT2D eigenvalue weighted by molar-refractivity contribution is 7.15. The van der Waals surface area contributed by atoms with E-state index in [1.54, 1.807) is 24.3 Å². The Bertz CT molecular complexity index is 1500. The van der Waals surface area contributed by atoms with Crippen molar-refractivity contribution in [1.82, 2.24) is 14.8 Å². The molecule has 2 atom stereocenters. The smallest absolute Gasteiger partial charge is 0.308 e. The molecule has 0 saturated heterocycles. The number of thiophene rings is 1. The molecule has 176 valence electrons. The van der Waals surface area contributed by atoms with Crippen LogP contribution in [-0.2, 0) is 4.79 Å². The van der Waals surface area contributed by atoms with Crippen molar-refractivity contribution in [2.45, 2.75) is 33.7 Å². The summed E-state index contributed by atoms with van der Waals surface area (Å²) < 4.78 is 1.96. The number of hydrogen-bond donors (Lipinski definition) is 1. The van der Waals surface area contributed by atoms with E-state index in [9.17, 15) is 14.7 Å². The average molecular weight is 485 g/mol. The number of nitrogens with zero attached hydrogens (tertiary/aromatic N) is 4. The lowest BCUT2D eigenvalue weighted by atomic mass is 9.96. The van der Waals surface area contributed by atoms with Crippen LogP contribution in [-0.4, -0.2) is 37.8 Å². The molecule has 1 unspecified atom stereocenters. The van der Waals surface area contributed by atoms with Crippen molar-refractivity contribution in [2.24, 2.45) is 10.9 Å². The van der Waals surface area contributed by atoms with Crippen LogP contribution in [0.2, 0.25) is 0 Å². The number of benzene rings is 2. The minimum Gasteiger partial charge on any atom is -0.481 e. The Labute approximate surface area is 206 Å². The number of carboxylic acids is 1. The zero-order chi connectivity index (χ0) is 24.9. The van der Waals surface area contributed by atoms with Gasteiger partial charge in [-0.15, -0.1) is 21.5 Å². The van der Waals surface area contributed by atoms with Gasteiger partial charge in [0.1, 0.15) is 23.2 Å². The molecule has 1 aliphatic heterocycles. The highest BCUT2D eigenvalue weighted by atomic mass is 32.1. The third-order valence-electron chi connectivity index (χ3n) is 6.57. The molecule has 0 amide bonds. The first-order valence-corrected chi connectivity index (χ1v) is 12.1. The van der Waals surface area contributed by atoms with Crippen molar-refractivity contribution in [3.8, 4) is 16.1 Å². The monoisotopic (exact) mass is 484 g/mol. The van der Waals surface area contributed by atoms with Crippen LogP contribution in [0.1, 0.15) is 56.5 Å². The summed E-state index contributed by atoms with van der Waals surface area (Å²) in [6, 6.07) is 14.8. The van der Waals surface area contributed by atoms with E-state index in [0.717, 1.165) is 49.7 Å². The second-order valence-corrected chi connectivity index (χ2v) is 9.98. The molecule has 35 heavy (non-hydrogen) atoms. The van der Waals surface area contributed by atoms with E-state index in [4.69, 9.17) is 4.99 Å². The van der Waals surface area contributed by atoms with Crippen molar-refractivity contribution >= 4 is 29.3 Å². The van der Waals surface area contributed by atoms with Crippen LogP contribution in [0.15, 0.2) is 53.5 Å². The molecule has 2 aromatic heterocycles. The van der Waals surface area contributed by atoms with Gasteiger partial charge in [-0.1, -0.05) is 42.5 Å². The van der Waals surface area contributed by atoms with Gasteiger partial charge in [0, 0.05) is 21.6 Å². The van der Waals surface area contributed by atoms with Crippen LogP contribution in [0.5, 0.6) is 0 Å². The van der Waals surface area contributed by atoms with Gasteiger partial charge in [-0.05, 0) is 50.5 Å². The van der Waals surface area contributed by atoms with Crippen molar-refractivity contribution in [3.05, 3.63) is 87.3 Å². The van der Waals surface area contributed by atoms with Crippen LogP contribution in [0.25, 0.3) is 16.1 Å². The van der Waals surface area contributed by atoms with E-state index in [0.29, 0.717) is 17.2 Å². The maximum atomic E-state index is 12.0. The van der Waals surface area contributed by atoms with E-state index in [1.807, 2.05) is 54.0 Å². The molecule has 2 aromatic carbocycles. The third-order valence-corrected chi connectivity index (χ3v) is 7.76. The van der Waals surface area contributed by atoms with E-state index in [-0.39, 0.29) is 0 Å². The molecule has 0 saturated carbocycles. The Morgan fingerprint density at radius 3 is 2.46 bits per heavy atom. The summed E-state index contributed by atoms with van der Waals surface area (Å²) in [5, 5.41) is 19.4. The fourth-order valence-corrected chi connectivity index (χ4v) is 5.64. The Morgan fingerprint density at radius 2 is 1.77 bits per heavy atom. The zero-order valence-corrected chi connectivity index (χ0v) is 20.6. The van der Waals surface area contributed by atoms with Gasteiger partial charge in [-0.3, -0.25) is 19.1 Å². The number of aliphatic imine (C=N–C) groups is 1. The minimum absolute atomic E-state index is 0.539. The summed E-state index contributed by atoms with van der Waals surface area (Å²) in [7, 11) is 0. The molecule has 4 aromatic rings. The number of carbonyl (C=O) groups is 2. The molecular weight excluding hydrogens is 460 g/mol. The Kier molecular flexibility index (Phi) is 5.68. The fraction of sp³-hybridized carbons (Fsp3) is 0.222. The largest absolute Gasteiger partial charge is 0.481 e. The number of aromatic nitrogens is 3. The van der Waals surface area contributed by atoms with Crippen LogP contribution >= 0.6 is 11.3 Å². The quantitative estimate of drug-likeness (QED) is 0.385. The zero-order valence-electron chi connectivity index (χ0n) is 19.8. The van der Waals surface area contributed by atoms with Gasteiger partial charge >= 0.3 is 5.97 Å². The van der Waals surface area contributed by atoms with Crippen molar-refractivity contribution < 1.29 is 14.7 Å². The molecule has 0 aliphatic carbocycles. The molecule has 0 radical (unpaired) electrons. The molecule has 0 spiro atoms. The number of aliphatic carboxylic acids is 1. The number of fused-ring (bicyclic) bond motifs is 3. The van der Waals surface area contributed by atoms with Crippen molar-refractivity contribution in [1.29, 1.82) is 0 Å². The lowest BCUT2D eigenvalue weighted by molar-refractivity contribution is -0.141. The van der Waals surface area contributed by atoms with Crippen LogP contribution in [0.4, 0.5) is 0 Å². The molecule has 8 heteroatoms. The van der Waals surface area contributed by atoms with Crippen LogP contribution < -0.4 is 0 Å². The van der Waals surface area contributed by atoms with Crippen LogP contribution in [0.3, 0.4) is 0 Å². The van der Waals surface area contributed by atoms with E-state index in [2.05, 4.69) is 24.0 Å². The molecule has 0 bridgehead atoms. The second-order valence-electron chi connectivity index (χ2n) is 8.77. The van der Waals surface area contributed by atoms with Gasteiger partial charge in [0.2, 0.25) is 0 Å². The topological polar surface area (TPSA) is 97.4 Å². The standard InChI is InChI=1S/C27H24N4O3S/c1-14-16(3)35-26-22(14)24(28-23(15(2)27(33)34)25-30-29-17(4)31(25)26)20-10-8-19(9-11-20)21-7-5-6-18(12-21)13-32/h5-13,15,23H,1-4H3,(H,33,34)/t15?,23-/m0/s1. The lowest BCUT2D eigenvalue weighted by Gasteiger charge is -2.16. The summed E-state index contributed by atoms with van der Waals surface area (Å²) in [5.74, 6) is -0.480.